The Morgan fingerprint density at radius 1 is 1.44 bits per heavy atom. The molecule has 86 valence electrons. The molecule has 1 saturated carbocycles. The van der Waals surface area contributed by atoms with Gasteiger partial charge in [0.05, 0.1) is 7.11 Å². The van der Waals surface area contributed by atoms with E-state index >= 15 is 0 Å². The summed E-state index contributed by atoms with van der Waals surface area (Å²) in [5.74, 6) is 0.974. The minimum Gasteiger partial charge on any atom is -0.496 e. The van der Waals surface area contributed by atoms with Crippen LogP contribution in [0.25, 0.3) is 0 Å². The summed E-state index contributed by atoms with van der Waals surface area (Å²) in [5, 5.41) is 2.96. The lowest BCUT2D eigenvalue weighted by molar-refractivity contribution is -0.125. The molecule has 0 atom stereocenters. The molecule has 0 aromatic heterocycles. The van der Waals surface area contributed by atoms with Crippen LogP contribution < -0.4 is 10.1 Å². The molecule has 3 nitrogen and oxygen atoms in total. The van der Waals surface area contributed by atoms with Crippen molar-refractivity contribution in [2.45, 2.75) is 26.3 Å². The molecule has 0 unspecified atom stereocenters. The van der Waals surface area contributed by atoms with Gasteiger partial charge in [0.25, 0.3) is 0 Å². The topological polar surface area (TPSA) is 38.3 Å². The minimum atomic E-state index is -0.109. The van der Waals surface area contributed by atoms with Crippen LogP contribution in [0.5, 0.6) is 5.75 Å². The summed E-state index contributed by atoms with van der Waals surface area (Å²) in [7, 11) is 1.64. The summed E-state index contributed by atoms with van der Waals surface area (Å²) in [6.45, 7) is 2.54. The Labute approximate surface area is 95.8 Å². The lowest BCUT2D eigenvalue weighted by Crippen LogP contribution is -2.29. The fourth-order valence-corrected chi connectivity index (χ4v) is 1.65. The number of amides is 1. The van der Waals surface area contributed by atoms with Crippen molar-refractivity contribution in [1.29, 1.82) is 0 Å². The zero-order chi connectivity index (χ0) is 11.6. The Morgan fingerprint density at radius 2 is 2.12 bits per heavy atom. The Balaban J connectivity index is 1.96. The number of benzene rings is 1. The molecule has 1 fully saturated rings. The molecular weight excluding hydrogens is 202 g/mol. The molecule has 3 heteroatoms. The SMILES string of the molecule is COc1ccccc1CNC(=O)C1(C)CC1. The van der Waals surface area contributed by atoms with Crippen LogP contribution in [0.1, 0.15) is 25.3 Å². The summed E-state index contributed by atoms with van der Waals surface area (Å²) in [6, 6.07) is 7.74. The third-order valence-electron chi connectivity index (χ3n) is 3.18. The van der Waals surface area contributed by atoms with Crippen LogP contribution in [0.4, 0.5) is 0 Å². The summed E-state index contributed by atoms with van der Waals surface area (Å²) in [6.07, 6.45) is 2.01. The Hall–Kier alpha value is -1.51. The van der Waals surface area contributed by atoms with Crippen molar-refractivity contribution in [3.05, 3.63) is 29.8 Å². The number of rotatable bonds is 4. The molecule has 0 aliphatic heterocycles. The monoisotopic (exact) mass is 219 g/mol. The first-order valence-corrected chi connectivity index (χ1v) is 5.56. The number of hydrogen-bond acceptors (Lipinski definition) is 2. The van der Waals surface area contributed by atoms with E-state index < -0.39 is 0 Å². The van der Waals surface area contributed by atoms with Crippen molar-refractivity contribution in [1.82, 2.24) is 5.32 Å². The highest BCUT2D eigenvalue weighted by molar-refractivity contribution is 5.84. The first-order chi connectivity index (χ1) is 7.65. The van der Waals surface area contributed by atoms with Crippen LogP contribution in [0.2, 0.25) is 0 Å². The Bertz CT molecular complexity index is 397. The van der Waals surface area contributed by atoms with E-state index in [9.17, 15) is 4.79 Å². The molecule has 0 heterocycles. The number of ether oxygens (including phenoxy) is 1. The van der Waals surface area contributed by atoms with Gasteiger partial charge in [-0.15, -0.1) is 0 Å². The molecule has 2 rings (SSSR count). The second-order valence-electron chi connectivity index (χ2n) is 4.56. The molecule has 1 aromatic carbocycles. The van der Waals surface area contributed by atoms with E-state index in [-0.39, 0.29) is 11.3 Å². The number of methoxy groups -OCH3 is 1. The quantitative estimate of drug-likeness (QED) is 0.842. The largest absolute Gasteiger partial charge is 0.496 e. The molecule has 16 heavy (non-hydrogen) atoms. The maximum Gasteiger partial charge on any atom is 0.226 e. The second-order valence-corrected chi connectivity index (χ2v) is 4.56. The van der Waals surface area contributed by atoms with Gasteiger partial charge in [-0.05, 0) is 18.9 Å². The normalized spacial score (nSPS) is 16.6. The van der Waals surface area contributed by atoms with E-state index in [1.54, 1.807) is 7.11 Å². The standard InChI is InChI=1S/C13H17NO2/c1-13(7-8-13)12(15)14-9-10-5-3-4-6-11(10)16-2/h3-6H,7-9H2,1-2H3,(H,14,15). The van der Waals surface area contributed by atoms with E-state index in [4.69, 9.17) is 4.74 Å². The smallest absolute Gasteiger partial charge is 0.226 e. The highest BCUT2D eigenvalue weighted by Gasteiger charge is 2.44. The van der Waals surface area contributed by atoms with Crippen LogP contribution in [-0.2, 0) is 11.3 Å². The van der Waals surface area contributed by atoms with Crippen LogP contribution in [0.3, 0.4) is 0 Å². The number of nitrogens with one attached hydrogen (secondary N) is 1. The predicted octanol–water partition coefficient (Wildman–Crippen LogP) is 2.11. The second kappa shape index (κ2) is 4.16. The van der Waals surface area contributed by atoms with Gasteiger partial charge in [0, 0.05) is 17.5 Å². The summed E-state index contributed by atoms with van der Waals surface area (Å²) in [4.78, 5) is 11.7. The van der Waals surface area contributed by atoms with Gasteiger partial charge >= 0.3 is 0 Å². The van der Waals surface area contributed by atoms with E-state index in [0.29, 0.717) is 6.54 Å². The van der Waals surface area contributed by atoms with Crippen LogP contribution >= 0.6 is 0 Å². The van der Waals surface area contributed by atoms with E-state index in [2.05, 4.69) is 5.32 Å². The van der Waals surface area contributed by atoms with Gasteiger partial charge in [-0.2, -0.15) is 0 Å². The van der Waals surface area contributed by atoms with Crippen LogP contribution in [0, 0.1) is 5.41 Å². The van der Waals surface area contributed by atoms with Crippen molar-refractivity contribution in [2.24, 2.45) is 5.41 Å². The zero-order valence-corrected chi connectivity index (χ0v) is 9.75. The van der Waals surface area contributed by atoms with Crippen molar-refractivity contribution >= 4 is 5.91 Å². The molecule has 1 amide bonds. The van der Waals surface area contributed by atoms with Crippen LogP contribution in [0.15, 0.2) is 24.3 Å². The third kappa shape index (κ3) is 2.18. The average Bonchev–Trinajstić information content (AvgIpc) is 3.06. The van der Waals surface area contributed by atoms with Gasteiger partial charge in [0.1, 0.15) is 5.75 Å². The highest BCUT2D eigenvalue weighted by Crippen LogP contribution is 2.45. The molecule has 1 aliphatic rings. The first kappa shape index (κ1) is 11.0. The average molecular weight is 219 g/mol. The van der Waals surface area contributed by atoms with Crippen molar-refractivity contribution in [2.75, 3.05) is 7.11 Å². The summed E-state index contributed by atoms with van der Waals surface area (Å²) >= 11 is 0. The summed E-state index contributed by atoms with van der Waals surface area (Å²) in [5.41, 5.74) is 0.907. The fraction of sp³-hybridized carbons (Fsp3) is 0.462. The fourth-order valence-electron chi connectivity index (χ4n) is 1.65. The number of carbonyl (C=O) groups excluding carboxylic acids is 1. The number of hydrogen-bond donors (Lipinski definition) is 1. The minimum absolute atomic E-state index is 0.109. The van der Waals surface area contributed by atoms with E-state index in [1.165, 1.54) is 0 Å². The summed E-state index contributed by atoms with van der Waals surface area (Å²) < 4.78 is 5.23. The van der Waals surface area contributed by atoms with Gasteiger partial charge in [0.2, 0.25) is 5.91 Å². The van der Waals surface area contributed by atoms with Crippen molar-refractivity contribution < 1.29 is 9.53 Å². The number of carbonyl (C=O) groups is 1. The molecule has 0 spiro atoms. The van der Waals surface area contributed by atoms with Gasteiger partial charge in [-0.1, -0.05) is 25.1 Å². The van der Waals surface area contributed by atoms with Crippen LogP contribution in [-0.4, -0.2) is 13.0 Å². The first-order valence-electron chi connectivity index (χ1n) is 5.56. The van der Waals surface area contributed by atoms with Gasteiger partial charge in [-0.25, -0.2) is 0 Å². The maximum atomic E-state index is 11.7. The molecule has 1 N–H and O–H groups in total. The maximum absolute atomic E-state index is 11.7. The zero-order valence-electron chi connectivity index (χ0n) is 9.75. The Morgan fingerprint density at radius 3 is 2.75 bits per heavy atom. The molecule has 0 bridgehead atoms. The Kier molecular flexibility index (Phi) is 2.86. The predicted molar refractivity (Wildman–Crippen MR) is 62.2 cm³/mol. The number of para-hydroxylation sites is 1. The van der Waals surface area contributed by atoms with Gasteiger partial charge in [-0.3, -0.25) is 4.79 Å². The van der Waals surface area contributed by atoms with E-state index in [1.807, 2.05) is 31.2 Å². The van der Waals surface area contributed by atoms with Crippen molar-refractivity contribution in [3.63, 3.8) is 0 Å². The van der Waals surface area contributed by atoms with Crippen molar-refractivity contribution in [3.8, 4) is 5.75 Å². The molecular formula is C13H17NO2. The van der Waals surface area contributed by atoms with Gasteiger partial charge < -0.3 is 10.1 Å². The lowest BCUT2D eigenvalue weighted by atomic mass is 10.1. The molecule has 0 radical (unpaired) electrons. The van der Waals surface area contributed by atoms with E-state index in [0.717, 1.165) is 24.2 Å². The van der Waals surface area contributed by atoms with Gasteiger partial charge in [0.15, 0.2) is 0 Å². The highest BCUT2D eigenvalue weighted by atomic mass is 16.5. The lowest BCUT2D eigenvalue weighted by Gasteiger charge is -2.12. The molecule has 1 aliphatic carbocycles. The molecule has 1 aromatic rings. The third-order valence-corrected chi connectivity index (χ3v) is 3.18. The molecule has 0 saturated heterocycles.